The summed E-state index contributed by atoms with van der Waals surface area (Å²) in [7, 11) is 0. The van der Waals surface area contributed by atoms with Crippen molar-refractivity contribution in [2.75, 3.05) is 26.2 Å². The van der Waals surface area contributed by atoms with E-state index in [0.29, 0.717) is 6.54 Å². The van der Waals surface area contributed by atoms with Crippen molar-refractivity contribution >= 4 is 12.0 Å². The van der Waals surface area contributed by atoms with Crippen LogP contribution < -0.4 is 0 Å². The van der Waals surface area contributed by atoms with Crippen LogP contribution in [0.15, 0.2) is 0 Å². The second-order valence-electron chi connectivity index (χ2n) is 6.96. The average molecular weight is 284 g/mol. The Bertz CT molecular complexity index is 353. The highest BCUT2D eigenvalue weighted by atomic mass is 16.4. The molecule has 0 saturated carbocycles. The van der Waals surface area contributed by atoms with Gasteiger partial charge in [0.05, 0.1) is 0 Å². The molecule has 2 amide bonds. The molecule has 0 bridgehead atoms. The lowest BCUT2D eigenvalue weighted by Gasteiger charge is -2.30. The number of hydrogen-bond acceptors (Lipinski definition) is 2. The van der Waals surface area contributed by atoms with Gasteiger partial charge < -0.3 is 14.9 Å². The van der Waals surface area contributed by atoms with E-state index in [1.165, 1.54) is 4.90 Å². The standard InChI is InChI=1S/C15H28N2O3/c1-12(2)10-17(11-13(18)19)14(20)16-8-5-6-15(3,4)7-9-16/h12H,5-11H2,1-4H3,(H,18,19). The lowest BCUT2D eigenvalue weighted by molar-refractivity contribution is -0.137. The van der Waals surface area contributed by atoms with Gasteiger partial charge >= 0.3 is 12.0 Å². The quantitative estimate of drug-likeness (QED) is 0.863. The molecular weight excluding hydrogens is 256 g/mol. The van der Waals surface area contributed by atoms with Crippen LogP contribution in [0.2, 0.25) is 0 Å². The molecular formula is C15H28N2O3. The molecule has 0 atom stereocenters. The summed E-state index contributed by atoms with van der Waals surface area (Å²) in [5, 5.41) is 8.97. The smallest absolute Gasteiger partial charge is 0.323 e. The van der Waals surface area contributed by atoms with Crippen LogP contribution in [0.1, 0.15) is 47.0 Å². The van der Waals surface area contributed by atoms with Crippen molar-refractivity contribution in [3.05, 3.63) is 0 Å². The monoisotopic (exact) mass is 284 g/mol. The maximum atomic E-state index is 12.5. The van der Waals surface area contributed by atoms with E-state index in [0.717, 1.165) is 32.4 Å². The Morgan fingerprint density at radius 3 is 2.45 bits per heavy atom. The number of carbonyl (C=O) groups is 2. The van der Waals surface area contributed by atoms with E-state index in [1.807, 2.05) is 18.7 Å². The SMILES string of the molecule is CC(C)CN(CC(=O)O)C(=O)N1CCCC(C)(C)CC1. The highest BCUT2D eigenvalue weighted by Crippen LogP contribution is 2.30. The van der Waals surface area contributed by atoms with Crippen LogP contribution in [0.4, 0.5) is 4.79 Å². The van der Waals surface area contributed by atoms with Gasteiger partial charge in [0, 0.05) is 19.6 Å². The predicted molar refractivity (Wildman–Crippen MR) is 78.6 cm³/mol. The predicted octanol–water partition coefficient (Wildman–Crippen LogP) is 2.66. The summed E-state index contributed by atoms with van der Waals surface area (Å²) in [5.74, 6) is -0.684. The second-order valence-corrected chi connectivity index (χ2v) is 6.96. The van der Waals surface area contributed by atoms with Crippen molar-refractivity contribution in [2.45, 2.75) is 47.0 Å². The van der Waals surface area contributed by atoms with Gasteiger partial charge in [-0.3, -0.25) is 4.79 Å². The number of nitrogens with zero attached hydrogens (tertiary/aromatic N) is 2. The van der Waals surface area contributed by atoms with Gasteiger partial charge in [0.1, 0.15) is 6.54 Å². The first-order valence-corrected chi connectivity index (χ1v) is 7.47. The number of aliphatic carboxylic acids is 1. The Hall–Kier alpha value is -1.26. The largest absolute Gasteiger partial charge is 0.480 e. The first-order valence-electron chi connectivity index (χ1n) is 7.47. The zero-order chi connectivity index (χ0) is 15.3. The molecule has 20 heavy (non-hydrogen) atoms. The Balaban J connectivity index is 2.70. The Morgan fingerprint density at radius 1 is 1.25 bits per heavy atom. The number of carboxylic acid groups (broad SMARTS) is 1. The summed E-state index contributed by atoms with van der Waals surface area (Å²) in [4.78, 5) is 26.7. The van der Waals surface area contributed by atoms with Crippen LogP contribution in [-0.2, 0) is 4.79 Å². The van der Waals surface area contributed by atoms with Crippen LogP contribution in [-0.4, -0.2) is 53.1 Å². The average Bonchev–Trinajstić information content (AvgIpc) is 2.47. The molecule has 0 unspecified atom stereocenters. The molecule has 1 N–H and O–H groups in total. The summed E-state index contributed by atoms with van der Waals surface area (Å²) in [5.41, 5.74) is 0.269. The highest BCUT2D eigenvalue weighted by Gasteiger charge is 2.28. The van der Waals surface area contributed by atoms with Crippen molar-refractivity contribution in [1.82, 2.24) is 9.80 Å². The van der Waals surface area contributed by atoms with E-state index in [9.17, 15) is 9.59 Å². The van der Waals surface area contributed by atoms with Crippen molar-refractivity contribution < 1.29 is 14.7 Å². The molecule has 1 rings (SSSR count). The number of likely N-dealkylation sites (tertiary alicyclic amines) is 1. The number of carbonyl (C=O) groups excluding carboxylic acids is 1. The normalized spacial score (nSPS) is 18.8. The zero-order valence-electron chi connectivity index (χ0n) is 13.2. The van der Waals surface area contributed by atoms with E-state index in [-0.39, 0.29) is 23.9 Å². The number of urea groups is 1. The number of rotatable bonds is 4. The molecule has 0 aromatic heterocycles. The third-order valence-electron chi connectivity index (χ3n) is 3.79. The van der Waals surface area contributed by atoms with Gasteiger partial charge in [0.15, 0.2) is 0 Å². The van der Waals surface area contributed by atoms with Gasteiger partial charge in [-0.1, -0.05) is 27.7 Å². The molecule has 0 aromatic rings. The molecule has 1 fully saturated rings. The van der Waals surface area contributed by atoms with E-state index < -0.39 is 5.97 Å². The zero-order valence-corrected chi connectivity index (χ0v) is 13.2. The molecule has 116 valence electrons. The number of carboxylic acids is 1. The van der Waals surface area contributed by atoms with E-state index >= 15 is 0 Å². The highest BCUT2D eigenvalue weighted by molar-refractivity contribution is 5.80. The molecule has 1 saturated heterocycles. The molecule has 1 heterocycles. The van der Waals surface area contributed by atoms with Crippen LogP contribution in [0.5, 0.6) is 0 Å². The maximum Gasteiger partial charge on any atom is 0.323 e. The molecule has 0 aromatic carbocycles. The molecule has 0 radical (unpaired) electrons. The summed E-state index contributed by atoms with van der Waals surface area (Å²) < 4.78 is 0. The minimum atomic E-state index is -0.950. The Labute approximate surface area is 121 Å². The Kier molecular flexibility index (Phi) is 5.84. The van der Waals surface area contributed by atoms with E-state index in [1.54, 1.807) is 0 Å². The van der Waals surface area contributed by atoms with E-state index in [2.05, 4.69) is 13.8 Å². The molecule has 1 aliphatic rings. The minimum Gasteiger partial charge on any atom is -0.480 e. The topological polar surface area (TPSA) is 60.9 Å². The molecule has 0 spiro atoms. The molecule has 1 aliphatic heterocycles. The van der Waals surface area contributed by atoms with Crippen LogP contribution in [0, 0.1) is 11.3 Å². The van der Waals surface area contributed by atoms with Gasteiger partial charge in [-0.2, -0.15) is 0 Å². The van der Waals surface area contributed by atoms with Crippen LogP contribution >= 0.6 is 0 Å². The summed E-state index contributed by atoms with van der Waals surface area (Å²) in [6.45, 7) is 10.2. The Morgan fingerprint density at radius 2 is 1.90 bits per heavy atom. The van der Waals surface area contributed by atoms with Gasteiger partial charge in [-0.15, -0.1) is 0 Å². The molecule has 5 nitrogen and oxygen atoms in total. The number of hydrogen-bond donors (Lipinski definition) is 1. The van der Waals surface area contributed by atoms with Crippen molar-refractivity contribution in [1.29, 1.82) is 0 Å². The summed E-state index contributed by atoms with van der Waals surface area (Å²) >= 11 is 0. The number of amides is 2. The first kappa shape index (κ1) is 16.8. The third-order valence-corrected chi connectivity index (χ3v) is 3.79. The maximum absolute atomic E-state index is 12.5. The summed E-state index contributed by atoms with van der Waals surface area (Å²) in [6.07, 6.45) is 3.07. The second kappa shape index (κ2) is 6.95. The van der Waals surface area contributed by atoms with Gasteiger partial charge in [-0.25, -0.2) is 4.79 Å². The van der Waals surface area contributed by atoms with Gasteiger partial charge in [-0.05, 0) is 30.6 Å². The minimum absolute atomic E-state index is 0.126. The van der Waals surface area contributed by atoms with Gasteiger partial charge in [0.2, 0.25) is 0 Å². The van der Waals surface area contributed by atoms with Crippen molar-refractivity contribution in [3.63, 3.8) is 0 Å². The fourth-order valence-corrected chi connectivity index (χ4v) is 2.63. The van der Waals surface area contributed by atoms with Crippen LogP contribution in [0.25, 0.3) is 0 Å². The van der Waals surface area contributed by atoms with Crippen molar-refractivity contribution in [3.8, 4) is 0 Å². The molecule has 5 heteroatoms. The summed E-state index contributed by atoms with van der Waals surface area (Å²) in [6, 6.07) is -0.126. The van der Waals surface area contributed by atoms with Gasteiger partial charge in [0.25, 0.3) is 0 Å². The molecule has 0 aliphatic carbocycles. The van der Waals surface area contributed by atoms with Crippen LogP contribution in [0.3, 0.4) is 0 Å². The van der Waals surface area contributed by atoms with E-state index in [4.69, 9.17) is 5.11 Å². The van der Waals surface area contributed by atoms with Crippen molar-refractivity contribution in [2.24, 2.45) is 11.3 Å². The first-order chi connectivity index (χ1) is 9.21. The fourth-order valence-electron chi connectivity index (χ4n) is 2.63. The lowest BCUT2D eigenvalue weighted by Crippen LogP contribution is -2.47. The third kappa shape index (κ3) is 5.39. The lowest BCUT2D eigenvalue weighted by atomic mass is 9.85. The fraction of sp³-hybridized carbons (Fsp3) is 0.867.